The third kappa shape index (κ3) is 2.76. The Labute approximate surface area is 84.3 Å². The molecule has 14 heavy (non-hydrogen) atoms. The van der Waals surface area contributed by atoms with Gasteiger partial charge >= 0.3 is 0 Å². The van der Waals surface area contributed by atoms with Crippen LogP contribution in [0.25, 0.3) is 0 Å². The third-order valence-corrected chi connectivity index (χ3v) is 1.74. The summed E-state index contributed by atoms with van der Waals surface area (Å²) >= 11 is 0. The average molecular weight is 195 g/mol. The van der Waals surface area contributed by atoms with Crippen LogP contribution in [0.2, 0.25) is 0 Å². The van der Waals surface area contributed by atoms with E-state index >= 15 is 0 Å². The maximum Gasteiger partial charge on any atom is 0.223 e. The van der Waals surface area contributed by atoms with Crippen molar-refractivity contribution in [2.45, 2.75) is 13.3 Å². The van der Waals surface area contributed by atoms with Crippen LogP contribution in [0.5, 0.6) is 0 Å². The summed E-state index contributed by atoms with van der Waals surface area (Å²) in [6, 6.07) is 1.88. The molecular weight excluding hydrogens is 178 g/mol. The van der Waals surface area contributed by atoms with E-state index in [0.717, 1.165) is 24.6 Å². The Morgan fingerprint density at radius 2 is 2.14 bits per heavy atom. The first-order chi connectivity index (χ1) is 6.63. The Kier molecular flexibility index (Phi) is 3.50. The molecule has 78 valence electrons. The van der Waals surface area contributed by atoms with Gasteiger partial charge in [0.05, 0.1) is 0 Å². The summed E-state index contributed by atoms with van der Waals surface area (Å²) in [6.07, 6.45) is 1.06. The monoisotopic (exact) mass is 195 g/mol. The maximum atomic E-state index is 5.58. The number of nitrogens with zero attached hydrogens (tertiary/aromatic N) is 3. The van der Waals surface area contributed by atoms with Crippen LogP contribution in [0.3, 0.4) is 0 Å². The van der Waals surface area contributed by atoms with Crippen molar-refractivity contribution in [3.8, 4) is 0 Å². The number of nitrogen functional groups attached to an aromatic ring is 1. The molecule has 1 heterocycles. The molecule has 0 aliphatic rings. The van der Waals surface area contributed by atoms with Gasteiger partial charge in [0, 0.05) is 26.7 Å². The van der Waals surface area contributed by atoms with E-state index in [4.69, 9.17) is 5.73 Å². The van der Waals surface area contributed by atoms with Crippen molar-refractivity contribution in [3.05, 3.63) is 6.07 Å². The van der Waals surface area contributed by atoms with Crippen molar-refractivity contribution < 1.29 is 0 Å². The highest BCUT2D eigenvalue weighted by Crippen LogP contribution is 2.14. The van der Waals surface area contributed by atoms with Crippen LogP contribution in [0, 0.1) is 0 Å². The highest BCUT2D eigenvalue weighted by atomic mass is 15.2. The molecule has 0 fully saturated rings. The molecule has 0 bridgehead atoms. The van der Waals surface area contributed by atoms with Gasteiger partial charge < -0.3 is 16.0 Å². The summed E-state index contributed by atoms with van der Waals surface area (Å²) in [6.45, 7) is 2.99. The maximum absolute atomic E-state index is 5.58. The van der Waals surface area contributed by atoms with Crippen LogP contribution in [0.1, 0.15) is 13.3 Å². The first kappa shape index (κ1) is 10.6. The second-order valence-electron chi connectivity index (χ2n) is 3.29. The zero-order chi connectivity index (χ0) is 10.6. The summed E-state index contributed by atoms with van der Waals surface area (Å²) in [7, 11) is 3.84. The SMILES string of the molecule is CCCNc1cc(N(C)C)nc(N)n1. The van der Waals surface area contributed by atoms with E-state index in [1.54, 1.807) is 0 Å². The summed E-state index contributed by atoms with van der Waals surface area (Å²) in [5.41, 5.74) is 5.58. The zero-order valence-corrected chi connectivity index (χ0v) is 8.91. The Morgan fingerprint density at radius 1 is 1.43 bits per heavy atom. The molecule has 1 aromatic heterocycles. The minimum absolute atomic E-state index is 0.301. The molecule has 0 aliphatic heterocycles. The molecule has 0 spiro atoms. The molecule has 0 unspecified atom stereocenters. The van der Waals surface area contributed by atoms with E-state index in [9.17, 15) is 0 Å². The Balaban J connectivity index is 2.84. The van der Waals surface area contributed by atoms with Gasteiger partial charge in [0.25, 0.3) is 0 Å². The lowest BCUT2D eigenvalue weighted by atomic mass is 10.4. The molecule has 1 aromatic rings. The lowest BCUT2D eigenvalue weighted by molar-refractivity contribution is 0.961. The largest absolute Gasteiger partial charge is 0.370 e. The minimum atomic E-state index is 0.301. The quantitative estimate of drug-likeness (QED) is 0.748. The van der Waals surface area contributed by atoms with Crippen molar-refractivity contribution in [3.63, 3.8) is 0 Å². The number of hydrogen-bond acceptors (Lipinski definition) is 5. The number of aromatic nitrogens is 2. The first-order valence-electron chi connectivity index (χ1n) is 4.69. The van der Waals surface area contributed by atoms with E-state index in [-0.39, 0.29) is 0 Å². The van der Waals surface area contributed by atoms with Gasteiger partial charge in [0.2, 0.25) is 5.95 Å². The minimum Gasteiger partial charge on any atom is -0.370 e. The fraction of sp³-hybridized carbons (Fsp3) is 0.556. The van der Waals surface area contributed by atoms with Gasteiger partial charge in [-0.05, 0) is 6.42 Å². The standard InChI is InChI=1S/C9H17N5/c1-4-5-11-7-6-8(14(2)3)13-9(10)12-7/h6H,4-5H2,1-3H3,(H3,10,11,12,13). The van der Waals surface area contributed by atoms with Crippen LogP contribution in [0.4, 0.5) is 17.6 Å². The molecule has 0 aromatic carbocycles. The number of nitrogens with one attached hydrogen (secondary N) is 1. The van der Waals surface area contributed by atoms with Gasteiger partial charge in [-0.2, -0.15) is 9.97 Å². The fourth-order valence-electron chi connectivity index (χ4n) is 1.03. The first-order valence-corrected chi connectivity index (χ1v) is 4.69. The van der Waals surface area contributed by atoms with Crippen LogP contribution < -0.4 is 16.0 Å². The predicted molar refractivity (Wildman–Crippen MR) is 59.6 cm³/mol. The second-order valence-corrected chi connectivity index (χ2v) is 3.29. The highest BCUT2D eigenvalue weighted by Gasteiger charge is 2.02. The normalized spacial score (nSPS) is 9.93. The number of anilines is 3. The Morgan fingerprint density at radius 3 is 2.71 bits per heavy atom. The van der Waals surface area contributed by atoms with Crippen LogP contribution >= 0.6 is 0 Å². The van der Waals surface area contributed by atoms with Gasteiger partial charge in [-0.15, -0.1) is 0 Å². The molecule has 0 amide bonds. The molecule has 5 nitrogen and oxygen atoms in total. The van der Waals surface area contributed by atoms with Gasteiger partial charge in [0.15, 0.2) is 0 Å². The van der Waals surface area contributed by atoms with E-state index in [2.05, 4.69) is 22.2 Å². The van der Waals surface area contributed by atoms with Crippen LogP contribution in [-0.2, 0) is 0 Å². The smallest absolute Gasteiger partial charge is 0.223 e. The number of hydrogen-bond donors (Lipinski definition) is 2. The highest BCUT2D eigenvalue weighted by molar-refractivity contribution is 5.51. The van der Waals surface area contributed by atoms with Gasteiger partial charge in [-0.25, -0.2) is 0 Å². The van der Waals surface area contributed by atoms with Gasteiger partial charge in [-0.3, -0.25) is 0 Å². The molecule has 5 heteroatoms. The van der Waals surface area contributed by atoms with Crippen LogP contribution in [0.15, 0.2) is 6.07 Å². The summed E-state index contributed by atoms with van der Waals surface area (Å²) in [5, 5.41) is 3.17. The van der Waals surface area contributed by atoms with Crippen LogP contribution in [-0.4, -0.2) is 30.6 Å². The molecular formula is C9H17N5. The van der Waals surface area contributed by atoms with Crippen molar-refractivity contribution in [2.75, 3.05) is 36.6 Å². The molecule has 0 radical (unpaired) electrons. The van der Waals surface area contributed by atoms with Gasteiger partial charge in [-0.1, -0.05) is 6.92 Å². The van der Waals surface area contributed by atoms with E-state index in [0.29, 0.717) is 5.95 Å². The predicted octanol–water partition coefficient (Wildman–Crippen LogP) is 0.947. The summed E-state index contributed by atoms with van der Waals surface area (Å²) in [5.74, 6) is 1.90. The summed E-state index contributed by atoms with van der Waals surface area (Å²) < 4.78 is 0. The van der Waals surface area contributed by atoms with Crippen molar-refractivity contribution in [1.82, 2.24) is 9.97 Å². The molecule has 0 aliphatic carbocycles. The van der Waals surface area contributed by atoms with E-state index in [1.807, 2.05) is 25.1 Å². The molecule has 3 N–H and O–H groups in total. The van der Waals surface area contributed by atoms with Crippen molar-refractivity contribution in [2.24, 2.45) is 0 Å². The van der Waals surface area contributed by atoms with Crippen molar-refractivity contribution >= 4 is 17.6 Å². The number of rotatable bonds is 4. The fourth-order valence-corrected chi connectivity index (χ4v) is 1.03. The molecule has 0 saturated heterocycles. The second kappa shape index (κ2) is 4.64. The Bertz CT molecular complexity index is 297. The lowest BCUT2D eigenvalue weighted by Gasteiger charge is -2.13. The van der Waals surface area contributed by atoms with E-state index in [1.165, 1.54) is 0 Å². The lowest BCUT2D eigenvalue weighted by Crippen LogP contribution is -2.13. The third-order valence-electron chi connectivity index (χ3n) is 1.74. The Hall–Kier alpha value is -1.52. The molecule has 1 rings (SSSR count). The van der Waals surface area contributed by atoms with E-state index < -0.39 is 0 Å². The molecule has 0 atom stereocenters. The zero-order valence-electron chi connectivity index (χ0n) is 8.91. The average Bonchev–Trinajstić information content (AvgIpc) is 2.14. The topological polar surface area (TPSA) is 67.1 Å². The van der Waals surface area contributed by atoms with Crippen molar-refractivity contribution in [1.29, 1.82) is 0 Å². The van der Waals surface area contributed by atoms with Gasteiger partial charge in [0.1, 0.15) is 11.6 Å². The number of nitrogens with two attached hydrogens (primary N) is 1. The summed E-state index contributed by atoms with van der Waals surface area (Å²) in [4.78, 5) is 10.1. The molecule has 0 saturated carbocycles.